The molecule has 1 unspecified atom stereocenters. The fourth-order valence-corrected chi connectivity index (χ4v) is 5.07. The number of rotatable bonds is 8. The number of aryl methyl sites for hydroxylation is 1. The second kappa shape index (κ2) is 9.78. The lowest BCUT2D eigenvalue weighted by Crippen LogP contribution is -2.31. The van der Waals surface area contributed by atoms with Crippen molar-refractivity contribution >= 4 is 17.4 Å². The molecule has 12 heteroatoms. The molecule has 0 aliphatic carbocycles. The van der Waals surface area contributed by atoms with Crippen molar-refractivity contribution in [1.82, 2.24) is 14.5 Å². The highest BCUT2D eigenvalue weighted by Gasteiger charge is 2.48. The predicted molar refractivity (Wildman–Crippen MR) is 134 cm³/mol. The molecule has 0 saturated carbocycles. The summed E-state index contributed by atoms with van der Waals surface area (Å²) in [6.07, 6.45) is 5.68. The van der Waals surface area contributed by atoms with Gasteiger partial charge in [-0.2, -0.15) is 0 Å². The summed E-state index contributed by atoms with van der Waals surface area (Å²) in [5, 5.41) is 11.5. The van der Waals surface area contributed by atoms with E-state index in [2.05, 4.69) is 4.98 Å². The van der Waals surface area contributed by atoms with Crippen LogP contribution in [0.25, 0.3) is 5.76 Å². The number of ether oxygens (including phenoxy) is 6. The summed E-state index contributed by atoms with van der Waals surface area (Å²) >= 11 is 0. The van der Waals surface area contributed by atoms with E-state index in [0.717, 1.165) is 0 Å². The minimum absolute atomic E-state index is 0.0478. The quantitative estimate of drug-likeness (QED) is 0.261. The molecule has 1 N–H and O–H groups in total. The van der Waals surface area contributed by atoms with Crippen LogP contribution in [0.1, 0.15) is 23.6 Å². The number of aliphatic hydroxyl groups excluding tert-OH is 1. The molecule has 0 radical (unpaired) electrons. The number of hydrogen-bond acceptors (Lipinski definition) is 10. The number of aliphatic hydroxyl groups is 1. The number of fused-ring (bicyclic) bond motifs is 2. The van der Waals surface area contributed by atoms with Crippen molar-refractivity contribution < 1.29 is 43.1 Å². The van der Waals surface area contributed by atoms with Crippen molar-refractivity contribution in [2.45, 2.75) is 19.0 Å². The molecule has 0 bridgehead atoms. The summed E-state index contributed by atoms with van der Waals surface area (Å²) in [5.41, 5.74) is 0.607. The predicted octanol–water partition coefficient (Wildman–Crippen LogP) is 2.87. The molecule has 39 heavy (non-hydrogen) atoms. The van der Waals surface area contributed by atoms with E-state index in [-0.39, 0.29) is 37.2 Å². The Morgan fingerprint density at radius 2 is 1.82 bits per heavy atom. The number of Topliss-reactive ketones (excluding diaryl/α,β-unsaturated/α-hetero) is 1. The molecule has 3 aliphatic heterocycles. The molecule has 3 aromatic rings. The normalized spacial score (nSPS) is 18.6. The minimum atomic E-state index is -1.00. The van der Waals surface area contributed by atoms with Gasteiger partial charge in [0.1, 0.15) is 5.76 Å². The number of ketones is 1. The van der Waals surface area contributed by atoms with E-state index in [1.807, 2.05) is 10.8 Å². The molecule has 12 nitrogen and oxygen atoms in total. The zero-order valence-electron chi connectivity index (χ0n) is 21.2. The van der Waals surface area contributed by atoms with Gasteiger partial charge in [0.25, 0.3) is 11.7 Å². The molecule has 1 aromatic heterocycles. The van der Waals surface area contributed by atoms with Crippen molar-refractivity contribution in [2.75, 3.05) is 34.4 Å². The summed E-state index contributed by atoms with van der Waals surface area (Å²) in [5.74, 6) is 0.273. The van der Waals surface area contributed by atoms with Crippen LogP contribution in [0.4, 0.5) is 0 Å². The number of aromatic nitrogens is 2. The van der Waals surface area contributed by atoms with E-state index in [0.29, 0.717) is 52.8 Å². The van der Waals surface area contributed by atoms with Crippen molar-refractivity contribution in [2.24, 2.45) is 0 Å². The van der Waals surface area contributed by atoms with Gasteiger partial charge in [-0.1, -0.05) is 0 Å². The van der Waals surface area contributed by atoms with Crippen LogP contribution in [0.2, 0.25) is 0 Å². The summed E-state index contributed by atoms with van der Waals surface area (Å²) in [7, 11) is 2.93. The van der Waals surface area contributed by atoms with Gasteiger partial charge >= 0.3 is 0 Å². The van der Waals surface area contributed by atoms with Crippen LogP contribution in [0, 0.1) is 0 Å². The Morgan fingerprint density at radius 3 is 2.59 bits per heavy atom. The molecule has 202 valence electrons. The standard InChI is InChI=1S/C27H25N3O9/c1-34-19-11-16(24(35-2)26-25(19)38-14-39-26)21-20(22(31)15-4-5-17-18(10-15)37-13-36-17)23(32)27(33)30(21)8-3-7-29-9-6-28-12-29/h4-6,9-12,21,31H,3,7-8,13-14H2,1-2H3. The largest absolute Gasteiger partial charge is 0.507 e. The van der Waals surface area contributed by atoms with Gasteiger partial charge in [0, 0.05) is 36.6 Å². The lowest BCUT2D eigenvalue weighted by molar-refractivity contribution is -0.140. The summed E-state index contributed by atoms with van der Waals surface area (Å²) < 4.78 is 35.2. The van der Waals surface area contributed by atoms with E-state index in [4.69, 9.17) is 28.4 Å². The second-order valence-corrected chi connectivity index (χ2v) is 8.98. The summed E-state index contributed by atoms with van der Waals surface area (Å²) in [6, 6.07) is 5.44. The van der Waals surface area contributed by atoms with Crippen LogP contribution in [0.3, 0.4) is 0 Å². The van der Waals surface area contributed by atoms with Gasteiger partial charge in [-0.15, -0.1) is 0 Å². The Kier molecular flexibility index (Phi) is 6.14. The molecule has 0 spiro atoms. The van der Waals surface area contributed by atoms with Gasteiger partial charge < -0.3 is 43.0 Å². The van der Waals surface area contributed by atoms with Gasteiger partial charge in [0.15, 0.2) is 23.0 Å². The molecular formula is C27H25N3O9. The Bertz CT molecular complexity index is 1480. The van der Waals surface area contributed by atoms with Crippen LogP contribution >= 0.6 is 0 Å². The number of hydrogen-bond donors (Lipinski definition) is 1. The van der Waals surface area contributed by atoms with E-state index >= 15 is 0 Å². The molecule has 1 saturated heterocycles. The van der Waals surface area contributed by atoms with Crippen LogP contribution < -0.4 is 28.4 Å². The van der Waals surface area contributed by atoms with Gasteiger partial charge in [-0.05, 0) is 30.7 Å². The summed E-state index contributed by atoms with van der Waals surface area (Å²) in [6.45, 7) is 0.785. The zero-order chi connectivity index (χ0) is 27.1. The maximum atomic E-state index is 13.5. The second-order valence-electron chi connectivity index (χ2n) is 8.98. The number of likely N-dealkylation sites (tertiary alicyclic amines) is 1. The monoisotopic (exact) mass is 535 g/mol. The lowest BCUT2D eigenvalue weighted by Gasteiger charge is -2.27. The third-order valence-corrected chi connectivity index (χ3v) is 6.87. The molecular weight excluding hydrogens is 510 g/mol. The first-order valence-corrected chi connectivity index (χ1v) is 12.2. The SMILES string of the molecule is COc1cc(C2C(=C(O)c3ccc4c(c3)OCO4)C(=O)C(=O)N2CCCn2ccnc2)c(OC)c2c1OCO2. The van der Waals surface area contributed by atoms with Crippen molar-refractivity contribution in [3.63, 3.8) is 0 Å². The van der Waals surface area contributed by atoms with Gasteiger partial charge in [-0.25, -0.2) is 4.98 Å². The number of amides is 1. The van der Waals surface area contributed by atoms with Crippen LogP contribution in [0.15, 0.2) is 48.6 Å². The topological polar surface area (TPSA) is 131 Å². The smallest absolute Gasteiger partial charge is 0.295 e. The number of imidazole rings is 1. The zero-order valence-corrected chi connectivity index (χ0v) is 21.2. The van der Waals surface area contributed by atoms with E-state index in [1.54, 1.807) is 36.8 Å². The van der Waals surface area contributed by atoms with Crippen LogP contribution in [-0.4, -0.2) is 65.6 Å². The first-order chi connectivity index (χ1) is 19.0. The molecule has 3 aliphatic rings. The van der Waals surface area contributed by atoms with Gasteiger partial charge in [0.2, 0.25) is 25.1 Å². The Morgan fingerprint density at radius 1 is 1.03 bits per heavy atom. The first-order valence-electron chi connectivity index (χ1n) is 12.2. The lowest BCUT2D eigenvalue weighted by atomic mass is 9.93. The number of benzene rings is 2. The Labute approximate surface area is 222 Å². The molecule has 1 amide bonds. The molecule has 4 heterocycles. The number of carbonyl (C=O) groups excluding carboxylic acids is 2. The Hall–Kier alpha value is -4.87. The first kappa shape index (κ1) is 24.5. The number of nitrogens with zero attached hydrogens (tertiary/aromatic N) is 3. The molecule has 1 fully saturated rings. The average Bonchev–Trinajstić information content (AvgIpc) is 3.76. The number of carbonyl (C=O) groups is 2. The average molecular weight is 536 g/mol. The maximum Gasteiger partial charge on any atom is 0.295 e. The fourth-order valence-electron chi connectivity index (χ4n) is 5.07. The minimum Gasteiger partial charge on any atom is -0.507 e. The third-order valence-electron chi connectivity index (χ3n) is 6.87. The van der Waals surface area contributed by atoms with Crippen LogP contribution in [-0.2, 0) is 16.1 Å². The van der Waals surface area contributed by atoms with Gasteiger partial charge in [0.05, 0.1) is 32.2 Å². The van der Waals surface area contributed by atoms with Crippen molar-refractivity contribution in [3.8, 4) is 34.5 Å². The Balaban J connectivity index is 1.49. The highest BCUT2D eigenvalue weighted by molar-refractivity contribution is 6.46. The van der Waals surface area contributed by atoms with E-state index < -0.39 is 17.7 Å². The highest BCUT2D eigenvalue weighted by atomic mass is 16.7. The van der Waals surface area contributed by atoms with Crippen molar-refractivity contribution in [3.05, 3.63) is 59.7 Å². The van der Waals surface area contributed by atoms with Crippen molar-refractivity contribution in [1.29, 1.82) is 0 Å². The maximum absolute atomic E-state index is 13.5. The number of methoxy groups -OCH3 is 2. The molecule has 6 rings (SSSR count). The molecule has 1 atom stereocenters. The fraction of sp³-hybridized carbons (Fsp3) is 0.296. The van der Waals surface area contributed by atoms with Crippen LogP contribution in [0.5, 0.6) is 34.5 Å². The highest BCUT2D eigenvalue weighted by Crippen LogP contribution is 2.54. The van der Waals surface area contributed by atoms with E-state index in [1.165, 1.54) is 19.1 Å². The summed E-state index contributed by atoms with van der Waals surface area (Å²) in [4.78, 5) is 32.4. The third kappa shape index (κ3) is 4.04. The van der Waals surface area contributed by atoms with Gasteiger partial charge in [-0.3, -0.25) is 9.59 Å². The molecule has 2 aromatic carbocycles. The van der Waals surface area contributed by atoms with E-state index in [9.17, 15) is 14.7 Å².